The van der Waals surface area contributed by atoms with Gasteiger partial charge in [0.05, 0.1) is 5.69 Å². The predicted octanol–water partition coefficient (Wildman–Crippen LogP) is 2.01. The first-order valence-electron chi connectivity index (χ1n) is 7.94. The van der Waals surface area contributed by atoms with Crippen LogP contribution in [-0.4, -0.2) is 29.6 Å². The van der Waals surface area contributed by atoms with Crippen molar-refractivity contribution >= 4 is 5.65 Å². The standard InChI is InChI=1S/C18H16N6O/c1-12-6-3-4-8-15(12)18-20-22-23(21-18)11-14-10-17(25)24-13(2)7-5-9-16(24)19-14/h3-10H,11H2,1-2H3. The van der Waals surface area contributed by atoms with Crippen molar-refractivity contribution in [3.8, 4) is 11.4 Å². The highest BCUT2D eigenvalue weighted by Crippen LogP contribution is 2.17. The highest BCUT2D eigenvalue weighted by Gasteiger charge is 2.10. The van der Waals surface area contributed by atoms with Crippen molar-refractivity contribution in [3.63, 3.8) is 0 Å². The molecule has 0 aliphatic heterocycles. The molecule has 4 aromatic rings. The van der Waals surface area contributed by atoms with E-state index in [1.165, 1.54) is 10.9 Å². The van der Waals surface area contributed by atoms with Crippen LogP contribution in [0.2, 0.25) is 0 Å². The first kappa shape index (κ1) is 15.2. The number of pyridine rings is 1. The van der Waals surface area contributed by atoms with Gasteiger partial charge in [0.2, 0.25) is 5.82 Å². The number of hydrogen-bond donors (Lipinski definition) is 0. The molecule has 0 aliphatic rings. The van der Waals surface area contributed by atoms with Crippen molar-refractivity contribution in [3.05, 3.63) is 75.8 Å². The molecule has 0 spiro atoms. The fourth-order valence-corrected chi connectivity index (χ4v) is 2.83. The Balaban J connectivity index is 1.69. The van der Waals surface area contributed by atoms with Gasteiger partial charge in [0.25, 0.3) is 5.56 Å². The first-order chi connectivity index (χ1) is 12.1. The summed E-state index contributed by atoms with van der Waals surface area (Å²) in [7, 11) is 0. The molecule has 4 rings (SSSR count). The molecule has 3 heterocycles. The van der Waals surface area contributed by atoms with E-state index in [2.05, 4.69) is 20.4 Å². The number of aryl methyl sites for hydroxylation is 2. The second-order valence-electron chi connectivity index (χ2n) is 5.90. The first-order valence-corrected chi connectivity index (χ1v) is 7.94. The topological polar surface area (TPSA) is 78.0 Å². The molecular weight excluding hydrogens is 316 g/mol. The Morgan fingerprint density at radius 2 is 1.88 bits per heavy atom. The number of tetrazole rings is 1. The van der Waals surface area contributed by atoms with Crippen molar-refractivity contribution in [2.24, 2.45) is 0 Å². The summed E-state index contributed by atoms with van der Waals surface area (Å²) in [6.07, 6.45) is 0. The number of benzene rings is 1. The third-order valence-electron chi connectivity index (χ3n) is 4.08. The van der Waals surface area contributed by atoms with Crippen molar-refractivity contribution in [2.75, 3.05) is 0 Å². The van der Waals surface area contributed by atoms with Crippen LogP contribution in [0.5, 0.6) is 0 Å². The van der Waals surface area contributed by atoms with E-state index in [1.54, 1.807) is 4.40 Å². The maximum Gasteiger partial charge on any atom is 0.258 e. The lowest BCUT2D eigenvalue weighted by Crippen LogP contribution is -2.19. The molecular formula is C18H16N6O. The Morgan fingerprint density at radius 1 is 1.04 bits per heavy atom. The summed E-state index contributed by atoms with van der Waals surface area (Å²) >= 11 is 0. The molecule has 0 saturated carbocycles. The maximum atomic E-state index is 12.3. The summed E-state index contributed by atoms with van der Waals surface area (Å²) in [6, 6.07) is 15.0. The smallest absolute Gasteiger partial charge is 0.258 e. The zero-order valence-electron chi connectivity index (χ0n) is 13.9. The molecule has 7 heteroatoms. The third-order valence-corrected chi connectivity index (χ3v) is 4.08. The number of rotatable bonds is 3. The Hall–Kier alpha value is -3.35. The van der Waals surface area contributed by atoms with Gasteiger partial charge in [0.15, 0.2) is 0 Å². The van der Waals surface area contributed by atoms with Gasteiger partial charge in [-0.15, -0.1) is 10.2 Å². The second-order valence-corrected chi connectivity index (χ2v) is 5.90. The lowest BCUT2D eigenvalue weighted by Gasteiger charge is -2.05. The number of hydrogen-bond acceptors (Lipinski definition) is 5. The van der Waals surface area contributed by atoms with Gasteiger partial charge in [-0.2, -0.15) is 4.80 Å². The van der Waals surface area contributed by atoms with Crippen LogP contribution in [0.15, 0.2) is 53.3 Å². The van der Waals surface area contributed by atoms with Gasteiger partial charge in [-0.3, -0.25) is 9.20 Å². The Morgan fingerprint density at radius 3 is 2.72 bits per heavy atom. The van der Waals surface area contributed by atoms with Crippen molar-refractivity contribution in [2.45, 2.75) is 20.4 Å². The minimum atomic E-state index is -0.114. The highest BCUT2D eigenvalue weighted by atomic mass is 16.1. The summed E-state index contributed by atoms with van der Waals surface area (Å²) in [5.41, 5.74) is 3.97. The summed E-state index contributed by atoms with van der Waals surface area (Å²) < 4.78 is 1.58. The lowest BCUT2D eigenvalue weighted by atomic mass is 10.1. The van der Waals surface area contributed by atoms with Crippen LogP contribution in [0.25, 0.3) is 17.0 Å². The summed E-state index contributed by atoms with van der Waals surface area (Å²) in [6.45, 7) is 4.17. The van der Waals surface area contributed by atoms with Crippen LogP contribution in [0.1, 0.15) is 17.0 Å². The van der Waals surface area contributed by atoms with Gasteiger partial charge >= 0.3 is 0 Å². The summed E-state index contributed by atoms with van der Waals surface area (Å²) in [5, 5.41) is 12.6. The fourth-order valence-electron chi connectivity index (χ4n) is 2.83. The van der Waals surface area contributed by atoms with Crippen molar-refractivity contribution in [1.82, 2.24) is 29.6 Å². The Labute approximate surface area is 143 Å². The van der Waals surface area contributed by atoms with E-state index >= 15 is 0 Å². The molecule has 25 heavy (non-hydrogen) atoms. The van der Waals surface area contributed by atoms with Crippen molar-refractivity contribution < 1.29 is 0 Å². The van der Waals surface area contributed by atoms with Crippen LogP contribution in [-0.2, 0) is 6.54 Å². The van der Waals surface area contributed by atoms with Gasteiger partial charge in [0, 0.05) is 17.3 Å². The quantitative estimate of drug-likeness (QED) is 0.573. The predicted molar refractivity (Wildman–Crippen MR) is 93.3 cm³/mol. The summed E-state index contributed by atoms with van der Waals surface area (Å²) in [5.74, 6) is 0.562. The zero-order chi connectivity index (χ0) is 17.4. The van der Waals surface area contributed by atoms with Crippen LogP contribution >= 0.6 is 0 Å². The third kappa shape index (κ3) is 2.80. The maximum absolute atomic E-state index is 12.3. The molecule has 124 valence electrons. The average molecular weight is 332 g/mol. The molecule has 0 atom stereocenters. The van der Waals surface area contributed by atoms with E-state index in [4.69, 9.17) is 0 Å². The number of aromatic nitrogens is 6. The van der Waals surface area contributed by atoms with E-state index in [1.807, 2.05) is 56.3 Å². The monoisotopic (exact) mass is 332 g/mol. The molecule has 1 aromatic carbocycles. The minimum Gasteiger partial charge on any atom is -0.269 e. The van der Waals surface area contributed by atoms with E-state index < -0.39 is 0 Å². The fraction of sp³-hybridized carbons (Fsp3) is 0.167. The molecule has 0 saturated heterocycles. The van der Waals surface area contributed by atoms with Gasteiger partial charge in [0.1, 0.15) is 12.2 Å². The molecule has 3 aromatic heterocycles. The summed E-state index contributed by atoms with van der Waals surface area (Å²) in [4.78, 5) is 18.3. The SMILES string of the molecule is Cc1ccccc1-c1nnn(Cc2cc(=O)n3c(C)cccc3n2)n1. The molecule has 0 fully saturated rings. The molecule has 0 bridgehead atoms. The highest BCUT2D eigenvalue weighted by molar-refractivity contribution is 5.58. The number of nitrogens with zero attached hydrogens (tertiary/aromatic N) is 6. The van der Waals surface area contributed by atoms with E-state index in [0.29, 0.717) is 23.7 Å². The van der Waals surface area contributed by atoms with Gasteiger partial charge in [-0.1, -0.05) is 30.3 Å². The van der Waals surface area contributed by atoms with Gasteiger partial charge in [-0.25, -0.2) is 4.98 Å². The molecule has 0 radical (unpaired) electrons. The Bertz CT molecular complexity index is 1130. The normalized spacial score (nSPS) is 11.1. The van der Waals surface area contributed by atoms with Crippen LogP contribution in [0, 0.1) is 13.8 Å². The zero-order valence-corrected chi connectivity index (χ0v) is 13.9. The van der Waals surface area contributed by atoms with Crippen molar-refractivity contribution in [1.29, 1.82) is 0 Å². The molecule has 0 N–H and O–H groups in total. The van der Waals surface area contributed by atoms with E-state index in [0.717, 1.165) is 16.8 Å². The van der Waals surface area contributed by atoms with Gasteiger partial charge in [-0.05, 0) is 36.8 Å². The lowest BCUT2D eigenvalue weighted by molar-refractivity contribution is 0.564. The molecule has 7 nitrogen and oxygen atoms in total. The molecule has 0 amide bonds. The van der Waals surface area contributed by atoms with Crippen LogP contribution < -0.4 is 5.56 Å². The number of fused-ring (bicyclic) bond motifs is 1. The van der Waals surface area contributed by atoms with Crippen LogP contribution in [0.3, 0.4) is 0 Å². The molecule has 0 unspecified atom stereocenters. The van der Waals surface area contributed by atoms with Crippen LogP contribution in [0.4, 0.5) is 0 Å². The van der Waals surface area contributed by atoms with E-state index in [9.17, 15) is 4.79 Å². The van der Waals surface area contributed by atoms with Gasteiger partial charge < -0.3 is 0 Å². The largest absolute Gasteiger partial charge is 0.269 e. The molecule has 0 aliphatic carbocycles. The Kier molecular flexibility index (Phi) is 3.61. The second kappa shape index (κ2) is 5.94. The minimum absolute atomic E-state index is 0.114. The average Bonchev–Trinajstić information content (AvgIpc) is 3.03. The van der Waals surface area contributed by atoms with E-state index in [-0.39, 0.29) is 5.56 Å².